The van der Waals surface area contributed by atoms with Crippen molar-refractivity contribution >= 4 is 55.5 Å². The third-order valence-corrected chi connectivity index (χ3v) is 10.7. The van der Waals surface area contributed by atoms with Crippen molar-refractivity contribution in [3.8, 4) is 28.1 Å². The zero-order chi connectivity index (χ0) is 37.0. The molecule has 56 heavy (non-hydrogen) atoms. The molecule has 10 aromatic rings. The largest absolute Gasteiger partial charge is 0.453 e. The van der Waals surface area contributed by atoms with Gasteiger partial charge in [-0.1, -0.05) is 140 Å². The maximum atomic E-state index is 6.90. The van der Waals surface area contributed by atoms with Gasteiger partial charge >= 0.3 is 0 Å². The molecule has 0 radical (unpaired) electrons. The Hall–Kier alpha value is -7.57. The fourth-order valence-electron chi connectivity index (χ4n) is 7.96. The number of nitrogens with one attached hydrogen (secondary N) is 1. The Kier molecular flexibility index (Phi) is 7.45. The van der Waals surface area contributed by atoms with Crippen molar-refractivity contribution in [2.75, 3.05) is 0 Å². The number of para-hydroxylation sites is 2. The Morgan fingerprint density at radius 1 is 0.500 bits per heavy atom. The van der Waals surface area contributed by atoms with Gasteiger partial charge in [0, 0.05) is 33.2 Å². The summed E-state index contributed by atoms with van der Waals surface area (Å²) in [7, 11) is 0. The molecule has 0 amide bonds. The summed E-state index contributed by atoms with van der Waals surface area (Å²) in [6, 6.07) is 64.9. The van der Waals surface area contributed by atoms with Gasteiger partial charge in [-0.25, -0.2) is 15.0 Å². The van der Waals surface area contributed by atoms with Gasteiger partial charge in [0.05, 0.1) is 22.1 Å². The Bertz CT molecular complexity index is 3130. The smallest absolute Gasteiger partial charge is 0.161 e. The molecule has 1 unspecified atom stereocenters. The van der Waals surface area contributed by atoms with E-state index in [1.807, 2.05) is 42.5 Å². The number of nitrogens with zero attached hydrogens (tertiary/aromatic N) is 4. The maximum absolute atomic E-state index is 6.90. The minimum absolute atomic E-state index is 0.314. The molecule has 6 nitrogen and oxygen atoms in total. The summed E-state index contributed by atoms with van der Waals surface area (Å²) < 4.78 is 9.21. The Balaban J connectivity index is 1.06. The summed E-state index contributed by atoms with van der Waals surface area (Å²) in [4.78, 5) is 15.5. The quantitative estimate of drug-likeness (QED) is 0.186. The number of hydrogen-bond donors (Lipinski definition) is 1. The Morgan fingerprint density at radius 3 is 1.82 bits per heavy atom. The molecule has 1 aliphatic rings. The van der Waals surface area contributed by atoms with Crippen LogP contribution < -0.4 is 5.32 Å². The normalized spacial score (nSPS) is 14.2. The van der Waals surface area contributed by atoms with E-state index in [4.69, 9.17) is 19.4 Å². The third-order valence-electron chi connectivity index (χ3n) is 10.7. The number of pyridine rings is 1. The van der Waals surface area contributed by atoms with Gasteiger partial charge in [0.15, 0.2) is 11.4 Å². The standard InChI is InChI=1S/C50H33N5O/c1-4-14-32(15-5-1)33-24-26-36(27-25-33)49-52-48(35-18-8-3-9-19-35)53-50(54-49)37-28-30-38(31-29-37)55-42-23-13-11-21-40(42)47-45(55)43-44(34-16-6-2-7-17-34)51-41-22-12-10-20-39(41)46(43)56-47/h1-31,49H,(H,52,53,54). The van der Waals surface area contributed by atoms with E-state index in [1.165, 1.54) is 11.1 Å². The van der Waals surface area contributed by atoms with E-state index in [1.54, 1.807) is 0 Å². The van der Waals surface area contributed by atoms with Crippen LogP contribution in [0.2, 0.25) is 0 Å². The van der Waals surface area contributed by atoms with Gasteiger partial charge in [0.2, 0.25) is 0 Å². The number of hydrogen-bond acceptors (Lipinski definition) is 5. The second-order valence-corrected chi connectivity index (χ2v) is 14.0. The fourth-order valence-corrected chi connectivity index (χ4v) is 7.96. The Morgan fingerprint density at radius 2 is 1.09 bits per heavy atom. The van der Waals surface area contributed by atoms with Crippen molar-refractivity contribution in [1.29, 1.82) is 0 Å². The highest BCUT2D eigenvalue weighted by atomic mass is 16.3. The molecular formula is C50H33N5O. The number of amidine groups is 2. The summed E-state index contributed by atoms with van der Waals surface area (Å²) >= 11 is 0. The molecule has 4 heterocycles. The molecule has 0 bridgehead atoms. The van der Waals surface area contributed by atoms with E-state index < -0.39 is 0 Å². The van der Waals surface area contributed by atoms with Crippen LogP contribution in [-0.2, 0) is 0 Å². The van der Waals surface area contributed by atoms with Crippen LogP contribution in [0.4, 0.5) is 0 Å². The van der Waals surface area contributed by atoms with E-state index in [2.05, 4.69) is 155 Å². The summed E-state index contributed by atoms with van der Waals surface area (Å²) in [5.74, 6) is 1.46. The van der Waals surface area contributed by atoms with Crippen LogP contribution in [0.3, 0.4) is 0 Å². The van der Waals surface area contributed by atoms with Crippen LogP contribution in [0, 0.1) is 0 Å². The van der Waals surface area contributed by atoms with Crippen molar-refractivity contribution in [2.45, 2.75) is 6.17 Å². The topological polar surface area (TPSA) is 67.7 Å². The van der Waals surface area contributed by atoms with Crippen LogP contribution in [0.1, 0.15) is 22.9 Å². The van der Waals surface area contributed by atoms with E-state index in [-0.39, 0.29) is 6.17 Å². The predicted octanol–water partition coefficient (Wildman–Crippen LogP) is 11.9. The van der Waals surface area contributed by atoms with Crippen LogP contribution in [-0.4, -0.2) is 21.2 Å². The second kappa shape index (κ2) is 13.1. The summed E-state index contributed by atoms with van der Waals surface area (Å²) in [5, 5.41) is 6.64. The lowest BCUT2D eigenvalue weighted by atomic mass is 10.0. The van der Waals surface area contributed by atoms with E-state index in [0.29, 0.717) is 5.84 Å². The van der Waals surface area contributed by atoms with Crippen molar-refractivity contribution in [3.05, 3.63) is 205 Å². The average molecular weight is 720 g/mol. The average Bonchev–Trinajstić information content (AvgIpc) is 3.83. The predicted molar refractivity (Wildman–Crippen MR) is 229 cm³/mol. The summed E-state index contributed by atoms with van der Waals surface area (Å²) in [5.41, 5.74) is 12.9. The monoisotopic (exact) mass is 719 g/mol. The number of benzene rings is 7. The molecule has 264 valence electrons. The van der Waals surface area contributed by atoms with Gasteiger partial charge in [-0.3, -0.25) is 0 Å². The number of furan rings is 1. The highest BCUT2D eigenvalue weighted by molar-refractivity contribution is 6.24. The molecule has 0 aliphatic carbocycles. The molecule has 7 aromatic carbocycles. The van der Waals surface area contributed by atoms with Gasteiger partial charge < -0.3 is 14.3 Å². The zero-order valence-electron chi connectivity index (χ0n) is 30.2. The first-order valence-corrected chi connectivity index (χ1v) is 18.8. The van der Waals surface area contributed by atoms with Crippen LogP contribution in [0.15, 0.2) is 202 Å². The lowest BCUT2D eigenvalue weighted by Crippen LogP contribution is -2.33. The highest BCUT2D eigenvalue weighted by Crippen LogP contribution is 2.44. The van der Waals surface area contributed by atoms with Crippen LogP contribution in [0.5, 0.6) is 0 Å². The van der Waals surface area contributed by atoms with Gasteiger partial charge in [-0.15, -0.1) is 0 Å². The third kappa shape index (κ3) is 5.30. The summed E-state index contributed by atoms with van der Waals surface area (Å²) in [6.45, 7) is 0. The van der Waals surface area contributed by atoms with E-state index in [0.717, 1.165) is 83.3 Å². The van der Waals surface area contributed by atoms with Gasteiger partial charge in [-0.2, -0.15) is 0 Å². The van der Waals surface area contributed by atoms with E-state index >= 15 is 0 Å². The maximum Gasteiger partial charge on any atom is 0.161 e. The molecule has 0 saturated carbocycles. The molecule has 1 atom stereocenters. The van der Waals surface area contributed by atoms with Gasteiger partial charge in [-0.05, 0) is 65.2 Å². The van der Waals surface area contributed by atoms with E-state index in [9.17, 15) is 0 Å². The van der Waals surface area contributed by atoms with Crippen LogP contribution >= 0.6 is 0 Å². The fraction of sp³-hybridized carbons (Fsp3) is 0.0200. The lowest BCUT2D eigenvalue weighted by molar-refractivity contribution is 0.674. The van der Waals surface area contributed by atoms with Gasteiger partial charge in [0.25, 0.3) is 0 Å². The number of fused-ring (bicyclic) bond motifs is 7. The molecule has 11 rings (SSSR count). The first-order valence-electron chi connectivity index (χ1n) is 18.8. The molecule has 6 heteroatoms. The van der Waals surface area contributed by atoms with Gasteiger partial charge in [0.1, 0.15) is 23.1 Å². The minimum atomic E-state index is -0.314. The molecule has 0 spiro atoms. The first kappa shape index (κ1) is 31.9. The number of rotatable bonds is 6. The minimum Gasteiger partial charge on any atom is -0.453 e. The van der Waals surface area contributed by atoms with Crippen molar-refractivity contribution < 1.29 is 4.42 Å². The number of aromatic nitrogens is 2. The van der Waals surface area contributed by atoms with Crippen LogP contribution in [0.25, 0.3) is 71.9 Å². The lowest BCUT2D eigenvalue weighted by Gasteiger charge is -2.24. The van der Waals surface area contributed by atoms with Crippen molar-refractivity contribution in [2.24, 2.45) is 9.98 Å². The summed E-state index contributed by atoms with van der Waals surface area (Å²) in [6.07, 6.45) is -0.314. The SMILES string of the molecule is c1ccc(C2=NC(c3ccc(-n4c5ccccc5c5oc6c7ccccc7nc(-c7ccccc7)c6c54)cc3)=NC(c3ccc(-c4ccccc4)cc3)N2)cc1. The molecule has 1 aliphatic heterocycles. The Labute approximate surface area is 322 Å². The van der Waals surface area contributed by atoms with Crippen molar-refractivity contribution in [1.82, 2.24) is 14.9 Å². The second-order valence-electron chi connectivity index (χ2n) is 14.0. The zero-order valence-corrected chi connectivity index (χ0v) is 30.2. The highest BCUT2D eigenvalue weighted by Gasteiger charge is 2.25. The molecule has 0 fully saturated rings. The molecule has 0 saturated heterocycles. The van der Waals surface area contributed by atoms with Crippen molar-refractivity contribution in [3.63, 3.8) is 0 Å². The number of aliphatic imine (C=N–C) groups is 2. The first-order chi connectivity index (χ1) is 27.8. The molecule has 3 aromatic heterocycles. The molecular weight excluding hydrogens is 687 g/mol. The molecule has 1 N–H and O–H groups in total.